The summed E-state index contributed by atoms with van der Waals surface area (Å²) in [6.45, 7) is 4.07. The molecule has 1 atom stereocenters. The van der Waals surface area contributed by atoms with Crippen LogP contribution in [0, 0.1) is 13.8 Å². The summed E-state index contributed by atoms with van der Waals surface area (Å²) in [6.07, 6.45) is 0. The van der Waals surface area contributed by atoms with Gasteiger partial charge in [-0.15, -0.1) is 11.3 Å². The molecule has 0 fully saturated rings. The summed E-state index contributed by atoms with van der Waals surface area (Å²) in [4.78, 5) is 5.72. The molecule has 0 aliphatic heterocycles. The first kappa shape index (κ1) is 13.5. The van der Waals surface area contributed by atoms with E-state index in [2.05, 4.69) is 27.8 Å². The van der Waals surface area contributed by atoms with Crippen molar-refractivity contribution in [2.75, 3.05) is 7.11 Å². The summed E-state index contributed by atoms with van der Waals surface area (Å²) >= 11 is 5.12. The fraction of sp³-hybridized carbons (Fsp3) is 0.308. The Kier molecular flexibility index (Phi) is 4.04. The fourth-order valence-corrected chi connectivity index (χ4v) is 3.16. The van der Waals surface area contributed by atoms with Crippen LogP contribution in [0.3, 0.4) is 0 Å². The molecular weight excluding hydrogens is 312 g/mol. The molecule has 0 aliphatic rings. The molecule has 0 spiro atoms. The summed E-state index contributed by atoms with van der Waals surface area (Å²) < 4.78 is 6.11. The van der Waals surface area contributed by atoms with Gasteiger partial charge in [0.2, 0.25) is 0 Å². The van der Waals surface area contributed by atoms with Crippen molar-refractivity contribution in [1.29, 1.82) is 0 Å². The third kappa shape index (κ3) is 2.58. The smallest absolute Gasteiger partial charge is 0.133 e. The Balaban J connectivity index is 2.33. The molecule has 1 unspecified atom stereocenters. The lowest BCUT2D eigenvalue weighted by molar-refractivity contribution is 0.412. The van der Waals surface area contributed by atoms with Gasteiger partial charge >= 0.3 is 0 Å². The van der Waals surface area contributed by atoms with Crippen LogP contribution in [0.2, 0.25) is 0 Å². The number of hydrogen-bond donors (Lipinski definition) is 1. The van der Waals surface area contributed by atoms with E-state index in [-0.39, 0.29) is 6.04 Å². The topological polar surface area (TPSA) is 48.1 Å². The van der Waals surface area contributed by atoms with Gasteiger partial charge in [-0.1, -0.05) is 6.07 Å². The Morgan fingerprint density at radius 1 is 1.39 bits per heavy atom. The van der Waals surface area contributed by atoms with Gasteiger partial charge in [0.25, 0.3) is 0 Å². The van der Waals surface area contributed by atoms with Crippen LogP contribution in [0.15, 0.2) is 22.7 Å². The minimum atomic E-state index is -0.190. The maximum atomic E-state index is 6.25. The molecular formula is C13H15BrN2OS. The van der Waals surface area contributed by atoms with E-state index in [1.165, 1.54) is 4.88 Å². The first-order chi connectivity index (χ1) is 8.52. The van der Waals surface area contributed by atoms with Gasteiger partial charge in [0.1, 0.15) is 10.8 Å². The average molecular weight is 327 g/mol. The number of aryl methyl sites for hydroxylation is 2. The number of nitrogens with zero attached hydrogens (tertiary/aromatic N) is 1. The van der Waals surface area contributed by atoms with Gasteiger partial charge in [-0.25, -0.2) is 4.98 Å². The number of ether oxygens (including phenoxy) is 1. The van der Waals surface area contributed by atoms with Crippen LogP contribution >= 0.6 is 27.3 Å². The molecule has 0 aliphatic carbocycles. The molecule has 3 nitrogen and oxygen atoms in total. The molecule has 96 valence electrons. The molecule has 0 saturated carbocycles. The molecule has 5 heteroatoms. The number of thiazole rings is 1. The molecule has 0 bridgehead atoms. The first-order valence-electron chi connectivity index (χ1n) is 5.56. The zero-order valence-electron chi connectivity index (χ0n) is 10.5. The van der Waals surface area contributed by atoms with E-state index in [1.54, 1.807) is 18.4 Å². The van der Waals surface area contributed by atoms with Crippen LogP contribution < -0.4 is 10.5 Å². The standard InChI is InChI=1S/C13H15BrN2OS/c1-7-8(2)18-13(16-7)12(15)9-4-5-11(17-3)10(14)6-9/h4-6,12H,15H2,1-3H3. The van der Waals surface area contributed by atoms with Gasteiger partial charge in [0, 0.05) is 4.88 Å². The van der Waals surface area contributed by atoms with Gasteiger partial charge < -0.3 is 10.5 Å². The third-order valence-electron chi connectivity index (χ3n) is 2.85. The molecule has 0 saturated heterocycles. The normalized spacial score (nSPS) is 12.5. The Labute approximate surface area is 119 Å². The fourth-order valence-electron chi connectivity index (χ4n) is 1.65. The highest BCUT2D eigenvalue weighted by Gasteiger charge is 2.15. The monoisotopic (exact) mass is 326 g/mol. The maximum Gasteiger partial charge on any atom is 0.133 e. The van der Waals surface area contributed by atoms with E-state index < -0.39 is 0 Å². The predicted octanol–water partition coefficient (Wildman–Crippen LogP) is 3.58. The highest BCUT2D eigenvalue weighted by Crippen LogP contribution is 2.31. The van der Waals surface area contributed by atoms with Crippen LogP contribution in [0.5, 0.6) is 5.75 Å². The Morgan fingerprint density at radius 2 is 2.11 bits per heavy atom. The summed E-state index contributed by atoms with van der Waals surface area (Å²) in [6, 6.07) is 5.67. The van der Waals surface area contributed by atoms with Gasteiger partial charge in [0.05, 0.1) is 23.3 Å². The zero-order valence-corrected chi connectivity index (χ0v) is 12.9. The van der Waals surface area contributed by atoms with Crippen molar-refractivity contribution in [3.8, 4) is 5.75 Å². The molecule has 1 aromatic heterocycles. The van der Waals surface area contributed by atoms with Crippen molar-refractivity contribution in [2.45, 2.75) is 19.9 Å². The lowest BCUT2D eigenvalue weighted by Crippen LogP contribution is -2.11. The molecule has 2 rings (SSSR count). The van der Waals surface area contributed by atoms with Gasteiger partial charge in [0.15, 0.2) is 0 Å². The van der Waals surface area contributed by atoms with E-state index in [4.69, 9.17) is 10.5 Å². The summed E-state index contributed by atoms with van der Waals surface area (Å²) in [5.41, 5.74) is 8.32. The van der Waals surface area contributed by atoms with Crippen molar-refractivity contribution in [1.82, 2.24) is 4.98 Å². The zero-order chi connectivity index (χ0) is 13.3. The lowest BCUT2D eigenvalue weighted by Gasteiger charge is -2.11. The quantitative estimate of drug-likeness (QED) is 0.937. The summed E-state index contributed by atoms with van der Waals surface area (Å²) in [7, 11) is 1.65. The molecule has 1 heterocycles. The Morgan fingerprint density at radius 3 is 2.61 bits per heavy atom. The van der Waals surface area contributed by atoms with Crippen LogP contribution in [0.25, 0.3) is 0 Å². The molecule has 2 aromatic rings. The number of nitrogens with two attached hydrogens (primary N) is 1. The largest absolute Gasteiger partial charge is 0.496 e. The number of halogens is 1. The molecule has 18 heavy (non-hydrogen) atoms. The van der Waals surface area contributed by atoms with E-state index >= 15 is 0 Å². The summed E-state index contributed by atoms with van der Waals surface area (Å²) in [5.74, 6) is 0.803. The van der Waals surface area contributed by atoms with Crippen molar-refractivity contribution in [2.24, 2.45) is 5.73 Å². The SMILES string of the molecule is COc1ccc(C(N)c2nc(C)c(C)s2)cc1Br. The van der Waals surface area contributed by atoms with Gasteiger partial charge in [-0.3, -0.25) is 0 Å². The number of benzene rings is 1. The van der Waals surface area contributed by atoms with E-state index in [9.17, 15) is 0 Å². The lowest BCUT2D eigenvalue weighted by atomic mass is 10.1. The van der Waals surface area contributed by atoms with Crippen LogP contribution in [0.4, 0.5) is 0 Å². The van der Waals surface area contributed by atoms with Crippen molar-refractivity contribution in [3.05, 3.63) is 43.8 Å². The van der Waals surface area contributed by atoms with E-state index in [0.717, 1.165) is 26.5 Å². The van der Waals surface area contributed by atoms with Crippen LogP contribution in [0.1, 0.15) is 27.2 Å². The van der Waals surface area contributed by atoms with Crippen molar-refractivity contribution >= 4 is 27.3 Å². The molecule has 0 amide bonds. The maximum absolute atomic E-state index is 6.25. The van der Waals surface area contributed by atoms with E-state index in [1.807, 2.05) is 25.1 Å². The second-order valence-electron chi connectivity index (χ2n) is 4.07. The van der Waals surface area contributed by atoms with Crippen molar-refractivity contribution in [3.63, 3.8) is 0 Å². The van der Waals surface area contributed by atoms with E-state index in [0.29, 0.717) is 0 Å². The number of hydrogen-bond acceptors (Lipinski definition) is 4. The Bertz CT molecular complexity index is 549. The van der Waals surface area contributed by atoms with Crippen LogP contribution in [-0.4, -0.2) is 12.1 Å². The highest BCUT2D eigenvalue weighted by molar-refractivity contribution is 9.10. The number of methoxy groups -OCH3 is 1. The van der Waals surface area contributed by atoms with Crippen molar-refractivity contribution < 1.29 is 4.74 Å². The van der Waals surface area contributed by atoms with Gasteiger partial charge in [-0.05, 0) is 47.5 Å². The first-order valence-corrected chi connectivity index (χ1v) is 7.17. The predicted molar refractivity (Wildman–Crippen MR) is 78.3 cm³/mol. The third-order valence-corrected chi connectivity index (χ3v) is 4.62. The highest BCUT2D eigenvalue weighted by atomic mass is 79.9. The number of aromatic nitrogens is 1. The Hall–Kier alpha value is -0.910. The van der Waals surface area contributed by atoms with Crippen LogP contribution in [-0.2, 0) is 0 Å². The molecule has 1 aromatic carbocycles. The van der Waals surface area contributed by atoms with Gasteiger partial charge in [-0.2, -0.15) is 0 Å². The molecule has 2 N–H and O–H groups in total. The minimum absolute atomic E-state index is 0.190. The molecule has 0 radical (unpaired) electrons. The minimum Gasteiger partial charge on any atom is -0.496 e. The second-order valence-corrected chi connectivity index (χ2v) is 6.15. The number of rotatable bonds is 3. The average Bonchev–Trinajstić information content (AvgIpc) is 2.68. The second kappa shape index (κ2) is 5.38. The summed E-state index contributed by atoms with van der Waals surface area (Å²) in [5, 5.41) is 0.946.